The highest BCUT2D eigenvalue weighted by molar-refractivity contribution is 14.1. The molecule has 0 bridgehead atoms. The highest BCUT2D eigenvalue weighted by Crippen LogP contribution is 2.24. The molecule has 0 aliphatic heterocycles. The van der Waals surface area contributed by atoms with Gasteiger partial charge < -0.3 is 15.4 Å². The van der Waals surface area contributed by atoms with Crippen molar-refractivity contribution in [1.82, 2.24) is 14.8 Å². The summed E-state index contributed by atoms with van der Waals surface area (Å²) in [6.45, 7) is 3.08. The van der Waals surface area contributed by atoms with Crippen LogP contribution in [0.2, 0.25) is 0 Å². The van der Waals surface area contributed by atoms with Crippen molar-refractivity contribution in [2.75, 3.05) is 23.0 Å². The van der Waals surface area contributed by atoms with Crippen molar-refractivity contribution in [1.29, 1.82) is 0 Å². The molecule has 0 aliphatic carbocycles. The van der Waals surface area contributed by atoms with Gasteiger partial charge in [-0.1, -0.05) is 30.0 Å². The molecule has 9 heteroatoms. The molecule has 0 spiro atoms. The predicted molar refractivity (Wildman–Crippen MR) is 149 cm³/mol. The molecule has 2 N–H and O–H groups in total. The molecule has 1 aromatic heterocycles. The molecule has 35 heavy (non-hydrogen) atoms. The van der Waals surface area contributed by atoms with E-state index in [0.717, 1.165) is 33.8 Å². The third-order valence-corrected chi connectivity index (χ3v) is 6.67. The van der Waals surface area contributed by atoms with Crippen molar-refractivity contribution in [3.05, 3.63) is 88.3 Å². The molecule has 1 heterocycles. The lowest BCUT2D eigenvalue weighted by Crippen LogP contribution is -2.12. The maximum absolute atomic E-state index is 12.4. The van der Waals surface area contributed by atoms with E-state index in [-0.39, 0.29) is 5.91 Å². The average molecular weight is 599 g/mol. The number of thioether (sulfide) groups is 1. The molecule has 0 fully saturated rings. The molecule has 3 aromatic carbocycles. The number of benzene rings is 3. The summed E-state index contributed by atoms with van der Waals surface area (Å²) in [5.41, 5.74) is 2.76. The Morgan fingerprint density at radius 2 is 1.69 bits per heavy atom. The first kappa shape index (κ1) is 25.1. The first-order valence-corrected chi connectivity index (χ1v) is 13.3. The van der Waals surface area contributed by atoms with Crippen molar-refractivity contribution in [2.45, 2.75) is 25.0 Å². The number of nitrogens with one attached hydrogen (secondary N) is 2. The summed E-state index contributed by atoms with van der Waals surface area (Å²) < 4.78 is 8.66. The minimum atomic E-state index is -0.0481. The number of hydrogen-bond donors (Lipinski definition) is 2. The van der Waals surface area contributed by atoms with Gasteiger partial charge in [0.15, 0.2) is 11.0 Å². The van der Waals surface area contributed by atoms with Gasteiger partial charge in [0.05, 0.1) is 13.2 Å². The van der Waals surface area contributed by atoms with E-state index in [1.165, 1.54) is 15.3 Å². The summed E-state index contributed by atoms with van der Waals surface area (Å²) in [5, 5.41) is 15.9. The van der Waals surface area contributed by atoms with Gasteiger partial charge in [-0.15, -0.1) is 10.2 Å². The Morgan fingerprint density at radius 3 is 2.40 bits per heavy atom. The average Bonchev–Trinajstić information content (AvgIpc) is 3.28. The zero-order valence-corrected chi connectivity index (χ0v) is 22.3. The van der Waals surface area contributed by atoms with Crippen LogP contribution in [0.5, 0.6) is 5.75 Å². The Kier molecular flexibility index (Phi) is 9.02. The predicted octanol–water partition coefficient (Wildman–Crippen LogP) is 6.00. The summed E-state index contributed by atoms with van der Waals surface area (Å²) >= 11 is 3.80. The standard InChI is InChI=1S/C26H26IN5O2S/c1-2-34-23-14-12-21(13-15-23)29-25(33)16-17-35-26-31-30-24(32(26)22-6-4-3-5-7-22)18-28-20-10-8-19(27)9-11-20/h3-15,28H,2,16-18H2,1H3,(H,29,33). The summed E-state index contributed by atoms with van der Waals surface area (Å²) in [7, 11) is 0. The number of para-hydroxylation sites is 1. The number of carbonyl (C=O) groups is 1. The molecular weight excluding hydrogens is 573 g/mol. The molecule has 4 aromatic rings. The topological polar surface area (TPSA) is 81.1 Å². The lowest BCUT2D eigenvalue weighted by molar-refractivity contribution is -0.115. The van der Waals surface area contributed by atoms with E-state index in [1.54, 1.807) is 0 Å². The van der Waals surface area contributed by atoms with Gasteiger partial charge in [0.25, 0.3) is 0 Å². The van der Waals surface area contributed by atoms with E-state index in [4.69, 9.17) is 4.74 Å². The molecule has 0 radical (unpaired) electrons. The molecule has 0 aliphatic rings. The van der Waals surface area contributed by atoms with Crippen LogP contribution < -0.4 is 15.4 Å². The van der Waals surface area contributed by atoms with Crippen molar-refractivity contribution in [3.63, 3.8) is 0 Å². The highest BCUT2D eigenvalue weighted by atomic mass is 127. The van der Waals surface area contributed by atoms with Crippen LogP contribution in [0.3, 0.4) is 0 Å². The number of anilines is 2. The van der Waals surface area contributed by atoms with Crippen molar-refractivity contribution < 1.29 is 9.53 Å². The third kappa shape index (κ3) is 7.22. The van der Waals surface area contributed by atoms with Crippen LogP contribution in [0.4, 0.5) is 11.4 Å². The van der Waals surface area contributed by atoms with Crippen LogP contribution in [-0.2, 0) is 11.3 Å². The van der Waals surface area contributed by atoms with Crippen molar-refractivity contribution in [3.8, 4) is 11.4 Å². The molecular formula is C26H26IN5O2S. The maximum atomic E-state index is 12.4. The van der Waals surface area contributed by atoms with Gasteiger partial charge in [-0.25, -0.2) is 0 Å². The van der Waals surface area contributed by atoms with Crippen LogP contribution in [0.25, 0.3) is 5.69 Å². The highest BCUT2D eigenvalue weighted by Gasteiger charge is 2.15. The minimum absolute atomic E-state index is 0.0481. The largest absolute Gasteiger partial charge is 0.494 e. The van der Waals surface area contributed by atoms with Gasteiger partial charge in [-0.2, -0.15) is 0 Å². The van der Waals surface area contributed by atoms with Gasteiger partial charge in [0.2, 0.25) is 5.91 Å². The van der Waals surface area contributed by atoms with Crippen LogP contribution in [0.15, 0.2) is 84.0 Å². The van der Waals surface area contributed by atoms with Gasteiger partial charge in [-0.3, -0.25) is 9.36 Å². The zero-order valence-electron chi connectivity index (χ0n) is 19.3. The van der Waals surface area contributed by atoms with E-state index >= 15 is 0 Å². The minimum Gasteiger partial charge on any atom is -0.494 e. The number of hydrogen-bond acceptors (Lipinski definition) is 6. The van der Waals surface area contributed by atoms with Gasteiger partial charge in [0, 0.05) is 32.8 Å². The van der Waals surface area contributed by atoms with Crippen LogP contribution in [0.1, 0.15) is 19.2 Å². The second-order valence-corrected chi connectivity index (χ2v) is 9.84. The van der Waals surface area contributed by atoms with Crippen molar-refractivity contribution in [2.24, 2.45) is 0 Å². The fraction of sp³-hybridized carbons (Fsp3) is 0.192. The monoisotopic (exact) mass is 599 g/mol. The smallest absolute Gasteiger partial charge is 0.225 e. The number of rotatable bonds is 11. The first-order valence-electron chi connectivity index (χ1n) is 11.3. The van der Waals surface area contributed by atoms with Gasteiger partial charge in [-0.05, 0) is 90.2 Å². The Morgan fingerprint density at radius 1 is 0.971 bits per heavy atom. The number of aromatic nitrogens is 3. The van der Waals surface area contributed by atoms with E-state index in [1.807, 2.05) is 78.2 Å². The summed E-state index contributed by atoms with van der Waals surface area (Å²) in [5.74, 6) is 2.12. The molecule has 0 saturated heterocycles. The molecule has 4 rings (SSSR count). The van der Waals surface area contributed by atoms with Crippen LogP contribution in [-0.4, -0.2) is 33.0 Å². The second kappa shape index (κ2) is 12.6. The lowest BCUT2D eigenvalue weighted by Gasteiger charge is -2.11. The van der Waals surface area contributed by atoms with Gasteiger partial charge in [0.1, 0.15) is 5.75 Å². The number of halogens is 1. The van der Waals surface area contributed by atoms with Crippen LogP contribution >= 0.6 is 34.4 Å². The molecule has 0 saturated carbocycles. The molecule has 7 nitrogen and oxygen atoms in total. The number of nitrogens with zero attached hydrogens (tertiary/aromatic N) is 3. The second-order valence-electron chi connectivity index (χ2n) is 7.53. The maximum Gasteiger partial charge on any atom is 0.225 e. The van der Waals surface area contributed by atoms with Gasteiger partial charge >= 0.3 is 0 Å². The Bertz CT molecular complexity index is 1230. The molecule has 0 unspecified atom stereocenters. The third-order valence-electron chi connectivity index (χ3n) is 5.02. The fourth-order valence-corrected chi connectivity index (χ4v) is 4.62. The Hall–Kier alpha value is -3.05. The van der Waals surface area contributed by atoms with Crippen molar-refractivity contribution >= 4 is 51.6 Å². The normalized spacial score (nSPS) is 10.7. The molecule has 180 valence electrons. The Balaban J connectivity index is 1.38. The molecule has 0 atom stereocenters. The SMILES string of the molecule is CCOc1ccc(NC(=O)CCSc2nnc(CNc3ccc(I)cc3)n2-c2ccccc2)cc1. The quantitative estimate of drug-likeness (QED) is 0.163. The number of amides is 1. The summed E-state index contributed by atoms with van der Waals surface area (Å²) in [4.78, 5) is 12.4. The molecule has 1 amide bonds. The number of carbonyl (C=O) groups excluding carboxylic acids is 1. The lowest BCUT2D eigenvalue weighted by atomic mass is 10.3. The van der Waals surface area contributed by atoms with E-state index < -0.39 is 0 Å². The fourth-order valence-electron chi connectivity index (χ4n) is 3.35. The van der Waals surface area contributed by atoms with E-state index in [0.29, 0.717) is 25.3 Å². The van der Waals surface area contributed by atoms with E-state index in [2.05, 4.69) is 55.6 Å². The zero-order chi connectivity index (χ0) is 24.5. The number of ether oxygens (including phenoxy) is 1. The van der Waals surface area contributed by atoms with Crippen LogP contribution in [0, 0.1) is 3.57 Å². The first-order chi connectivity index (χ1) is 17.1. The summed E-state index contributed by atoms with van der Waals surface area (Å²) in [6, 6.07) is 25.6. The van der Waals surface area contributed by atoms with E-state index in [9.17, 15) is 4.79 Å². The summed E-state index contributed by atoms with van der Waals surface area (Å²) in [6.07, 6.45) is 0.357. The Labute approximate surface area is 222 Å².